The van der Waals surface area contributed by atoms with Gasteiger partial charge < -0.3 is 14.3 Å². The van der Waals surface area contributed by atoms with Crippen LogP contribution in [-0.4, -0.2) is 9.79 Å². The van der Waals surface area contributed by atoms with Crippen molar-refractivity contribution in [3.8, 4) is 5.75 Å². The Bertz CT molecular complexity index is 644. The van der Waals surface area contributed by atoms with E-state index in [4.69, 9.17) is 4.52 Å². The quantitative estimate of drug-likeness (QED) is 0.140. The van der Waals surface area contributed by atoms with Crippen LogP contribution in [0.4, 0.5) is 0 Å². The van der Waals surface area contributed by atoms with E-state index in [9.17, 15) is 9.79 Å². The van der Waals surface area contributed by atoms with Crippen LogP contribution in [0.25, 0.3) is 0 Å². The van der Waals surface area contributed by atoms with Crippen molar-refractivity contribution in [3.05, 3.63) is 28.8 Å². The zero-order valence-corrected chi connectivity index (χ0v) is 24.1. The van der Waals surface area contributed by atoms with Gasteiger partial charge in [-0.05, 0) is 66.2 Å². The van der Waals surface area contributed by atoms with Crippen LogP contribution in [-0.2, 0) is 19.3 Å². The summed E-state index contributed by atoms with van der Waals surface area (Å²) in [4.78, 5) is 19.4. The van der Waals surface area contributed by atoms with Crippen molar-refractivity contribution < 1.29 is 14.3 Å². The van der Waals surface area contributed by atoms with E-state index < -0.39 is 8.60 Å². The zero-order valence-electron chi connectivity index (χ0n) is 23.2. The first-order valence-electron chi connectivity index (χ1n) is 14.3. The van der Waals surface area contributed by atoms with Gasteiger partial charge in [0.1, 0.15) is 5.75 Å². The maximum Gasteiger partial charge on any atom is 0.391 e. The summed E-state index contributed by atoms with van der Waals surface area (Å²) in [5.41, 5.74) is 4.18. The molecule has 1 aromatic rings. The van der Waals surface area contributed by atoms with E-state index >= 15 is 0 Å². The summed E-state index contributed by atoms with van der Waals surface area (Å²) in [7, 11) is -2.41. The lowest BCUT2D eigenvalue weighted by molar-refractivity contribution is 0.372. The highest BCUT2D eigenvalue weighted by molar-refractivity contribution is 7.39. The van der Waals surface area contributed by atoms with Crippen molar-refractivity contribution in [2.45, 2.75) is 138 Å². The molecule has 0 aliphatic carbocycles. The van der Waals surface area contributed by atoms with E-state index in [-0.39, 0.29) is 0 Å². The number of unbranched alkanes of at least 4 members (excludes halogenated alkanes) is 4. The molecule has 2 atom stereocenters. The fourth-order valence-corrected chi connectivity index (χ4v) is 5.48. The van der Waals surface area contributed by atoms with Gasteiger partial charge >= 0.3 is 8.60 Å². The lowest BCUT2D eigenvalue weighted by Crippen LogP contribution is -2.13. The van der Waals surface area contributed by atoms with Gasteiger partial charge in [0.05, 0.1) is 0 Å². The van der Waals surface area contributed by atoms with Crippen LogP contribution in [0.2, 0.25) is 0 Å². The molecule has 0 amide bonds. The molecule has 34 heavy (non-hydrogen) atoms. The smallest absolute Gasteiger partial charge is 0.391 e. The summed E-state index contributed by atoms with van der Waals surface area (Å²) >= 11 is 0. The van der Waals surface area contributed by atoms with Crippen LogP contribution in [0.15, 0.2) is 12.1 Å². The Kier molecular flexibility index (Phi) is 17.2. The fraction of sp³-hybridized carbons (Fsp3) is 0.800. The van der Waals surface area contributed by atoms with E-state index in [1.54, 1.807) is 0 Å². The van der Waals surface area contributed by atoms with Crippen molar-refractivity contribution >= 4 is 8.60 Å². The Hall–Kier alpha value is -0.630. The van der Waals surface area contributed by atoms with E-state index in [1.807, 2.05) is 6.07 Å². The highest BCUT2D eigenvalue weighted by atomic mass is 31.2. The van der Waals surface area contributed by atoms with Crippen LogP contribution in [0.5, 0.6) is 5.75 Å². The Balaban J connectivity index is 3.29. The average Bonchev–Trinajstić information content (AvgIpc) is 2.80. The zero-order chi connectivity index (χ0) is 25.3. The molecule has 1 aromatic carbocycles. The number of benzene rings is 1. The second kappa shape index (κ2) is 18.6. The monoisotopic (exact) mass is 494 g/mol. The molecule has 0 spiro atoms. The summed E-state index contributed by atoms with van der Waals surface area (Å²) in [6.45, 7) is 13.8. The molecule has 0 aliphatic heterocycles. The molecule has 0 radical (unpaired) electrons. The Morgan fingerprint density at radius 1 is 0.735 bits per heavy atom. The molecule has 2 unspecified atom stereocenters. The summed E-state index contributed by atoms with van der Waals surface area (Å²) in [5, 5.41) is 0. The predicted molar refractivity (Wildman–Crippen MR) is 149 cm³/mol. The lowest BCUT2D eigenvalue weighted by Gasteiger charge is -2.25. The SMILES string of the molecule is CCCCC(CC)Cc1ccc(OP(O)O)c(CCCCCC(C)C)c1CC(CC)CCCC. The van der Waals surface area contributed by atoms with Crippen LogP contribution in [0, 0.1) is 17.8 Å². The van der Waals surface area contributed by atoms with Gasteiger partial charge in [0.15, 0.2) is 0 Å². The first-order chi connectivity index (χ1) is 16.4. The third-order valence-electron chi connectivity index (χ3n) is 7.46. The van der Waals surface area contributed by atoms with E-state index in [0.717, 1.165) is 31.6 Å². The lowest BCUT2D eigenvalue weighted by atomic mass is 9.82. The maximum atomic E-state index is 9.68. The second-order valence-corrected chi connectivity index (χ2v) is 11.4. The minimum absolute atomic E-state index is 0.675. The van der Waals surface area contributed by atoms with Crippen LogP contribution in [0.3, 0.4) is 0 Å². The summed E-state index contributed by atoms with van der Waals surface area (Å²) < 4.78 is 5.60. The molecule has 4 heteroatoms. The third-order valence-corrected chi connectivity index (χ3v) is 7.82. The number of hydrogen-bond acceptors (Lipinski definition) is 3. The minimum atomic E-state index is -2.41. The molecule has 0 aromatic heterocycles. The molecule has 3 nitrogen and oxygen atoms in total. The second-order valence-electron chi connectivity index (χ2n) is 10.8. The van der Waals surface area contributed by atoms with Crippen LogP contribution < -0.4 is 4.52 Å². The van der Waals surface area contributed by atoms with E-state index in [1.165, 1.54) is 87.3 Å². The van der Waals surface area contributed by atoms with Gasteiger partial charge in [-0.15, -0.1) is 0 Å². The number of rotatable bonds is 20. The van der Waals surface area contributed by atoms with Crippen molar-refractivity contribution in [3.63, 3.8) is 0 Å². The van der Waals surface area contributed by atoms with Crippen molar-refractivity contribution in [2.75, 3.05) is 0 Å². The molecule has 0 bridgehead atoms. The van der Waals surface area contributed by atoms with Crippen molar-refractivity contribution in [1.82, 2.24) is 0 Å². The van der Waals surface area contributed by atoms with Gasteiger partial charge in [0.2, 0.25) is 0 Å². The highest BCUT2D eigenvalue weighted by Crippen LogP contribution is 2.38. The minimum Gasteiger partial charge on any atom is -0.427 e. The first kappa shape index (κ1) is 31.4. The summed E-state index contributed by atoms with van der Waals surface area (Å²) in [5.74, 6) is 2.84. The van der Waals surface area contributed by atoms with Gasteiger partial charge in [-0.2, -0.15) is 0 Å². The molecule has 2 N–H and O–H groups in total. The van der Waals surface area contributed by atoms with Gasteiger partial charge in [-0.1, -0.05) is 118 Å². The number of hydrogen-bond donors (Lipinski definition) is 2. The molecular weight excluding hydrogens is 439 g/mol. The van der Waals surface area contributed by atoms with Gasteiger partial charge in [-0.25, -0.2) is 0 Å². The maximum absolute atomic E-state index is 9.68. The van der Waals surface area contributed by atoms with Gasteiger partial charge in [0, 0.05) is 0 Å². The summed E-state index contributed by atoms with van der Waals surface area (Å²) in [6, 6.07) is 4.25. The average molecular weight is 495 g/mol. The first-order valence-corrected chi connectivity index (χ1v) is 15.5. The standard InChI is InChI=1S/C30H55O3P/c1-7-11-17-25(9-3)22-27-20-21-30(33-34(31)32)28(19-15-13-14-16-24(5)6)29(27)23-26(10-4)18-12-8-2/h20-21,24-26,31-32H,7-19,22-23H2,1-6H3. The third kappa shape index (κ3) is 12.4. The fourth-order valence-electron chi connectivity index (χ4n) is 5.13. The summed E-state index contributed by atoms with van der Waals surface area (Å²) in [6.07, 6.45) is 18.1. The van der Waals surface area contributed by atoms with Crippen LogP contribution in [0.1, 0.15) is 135 Å². The van der Waals surface area contributed by atoms with Crippen LogP contribution >= 0.6 is 8.60 Å². The Morgan fingerprint density at radius 3 is 1.88 bits per heavy atom. The highest BCUT2D eigenvalue weighted by Gasteiger charge is 2.21. The molecule has 0 aliphatic rings. The predicted octanol–water partition coefficient (Wildman–Crippen LogP) is 9.55. The van der Waals surface area contributed by atoms with Crippen molar-refractivity contribution in [2.24, 2.45) is 17.8 Å². The molecule has 0 fully saturated rings. The molecule has 198 valence electrons. The van der Waals surface area contributed by atoms with Gasteiger partial charge in [-0.3, -0.25) is 0 Å². The largest absolute Gasteiger partial charge is 0.427 e. The Labute approximate surface area is 213 Å². The normalized spacial score (nSPS) is 13.6. The molecule has 0 saturated carbocycles. The molecule has 0 saturated heterocycles. The molecule has 1 rings (SSSR count). The topological polar surface area (TPSA) is 49.7 Å². The van der Waals surface area contributed by atoms with Crippen molar-refractivity contribution in [1.29, 1.82) is 0 Å². The van der Waals surface area contributed by atoms with E-state index in [0.29, 0.717) is 17.6 Å². The van der Waals surface area contributed by atoms with E-state index in [2.05, 4.69) is 47.6 Å². The molecule has 0 heterocycles. The van der Waals surface area contributed by atoms with Gasteiger partial charge in [0.25, 0.3) is 0 Å². The molecular formula is C30H55O3P. The Morgan fingerprint density at radius 2 is 1.35 bits per heavy atom.